The number of ether oxygens (including phenoxy) is 1. The van der Waals surface area contributed by atoms with Crippen molar-refractivity contribution in [3.05, 3.63) is 118 Å². The molecule has 4 aromatic rings. The van der Waals surface area contributed by atoms with Crippen LogP contribution in [0.1, 0.15) is 33.4 Å². The van der Waals surface area contributed by atoms with Crippen molar-refractivity contribution >= 4 is 12.2 Å². The van der Waals surface area contributed by atoms with Gasteiger partial charge in [-0.15, -0.1) is 0 Å². The van der Waals surface area contributed by atoms with E-state index in [0.29, 0.717) is 18.6 Å². The van der Waals surface area contributed by atoms with Gasteiger partial charge in [0, 0.05) is 30.0 Å². The van der Waals surface area contributed by atoms with Crippen molar-refractivity contribution in [2.45, 2.75) is 12.8 Å². The molecular formula is C29H26O4. The highest BCUT2D eigenvalue weighted by atomic mass is 16.5. The third kappa shape index (κ3) is 5.36. The molecule has 3 N–H and O–H groups in total. The Bertz CT molecular complexity index is 1240. The second-order valence-corrected chi connectivity index (χ2v) is 7.90. The number of hydrogen-bond acceptors (Lipinski definition) is 4. The van der Waals surface area contributed by atoms with Gasteiger partial charge in [0.2, 0.25) is 0 Å². The number of phenols is 3. The summed E-state index contributed by atoms with van der Waals surface area (Å²) in [5.74, 6) is 1.17. The predicted octanol–water partition coefficient (Wildman–Crippen LogP) is 6.16. The van der Waals surface area contributed by atoms with Crippen molar-refractivity contribution in [2.24, 2.45) is 0 Å². The molecule has 0 radical (unpaired) electrons. The fourth-order valence-corrected chi connectivity index (χ4v) is 3.88. The van der Waals surface area contributed by atoms with Crippen molar-refractivity contribution in [3.8, 4) is 23.0 Å². The van der Waals surface area contributed by atoms with E-state index < -0.39 is 0 Å². The van der Waals surface area contributed by atoms with Crippen LogP contribution in [0.4, 0.5) is 0 Å². The minimum Gasteiger partial charge on any atom is -0.508 e. The summed E-state index contributed by atoms with van der Waals surface area (Å²) < 4.78 is 5.66. The first kappa shape index (κ1) is 22.0. The zero-order valence-corrected chi connectivity index (χ0v) is 18.4. The Morgan fingerprint density at radius 2 is 1.21 bits per heavy atom. The molecule has 0 aliphatic rings. The van der Waals surface area contributed by atoms with E-state index in [9.17, 15) is 15.3 Å². The van der Waals surface area contributed by atoms with Gasteiger partial charge >= 0.3 is 0 Å². The second-order valence-electron chi connectivity index (χ2n) is 7.90. The van der Waals surface area contributed by atoms with E-state index in [1.165, 1.54) is 0 Å². The van der Waals surface area contributed by atoms with Crippen LogP contribution >= 0.6 is 0 Å². The lowest BCUT2D eigenvalue weighted by atomic mass is 9.90. The molecule has 166 valence electrons. The van der Waals surface area contributed by atoms with Crippen LogP contribution in [0.3, 0.4) is 0 Å². The van der Waals surface area contributed by atoms with Crippen LogP contribution in [0.15, 0.2) is 84.9 Å². The molecule has 0 aromatic heterocycles. The summed E-state index contributed by atoms with van der Waals surface area (Å²) >= 11 is 0. The molecule has 4 aromatic carbocycles. The van der Waals surface area contributed by atoms with E-state index in [0.717, 1.165) is 33.4 Å². The van der Waals surface area contributed by atoms with E-state index in [2.05, 4.69) is 0 Å². The van der Waals surface area contributed by atoms with Crippen molar-refractivity contribution < 1.29 is 20.1 Å². The predicted molar refractivity (Wildman–Crippen MR) is 132 cm³/mol. The molecule has 0 unspecified atom stereocenters. The van der Waals surface area contributed by atoms with Crippen LogP contribution in [0.2, 0.25) is 0 Å². The summed E-state index contributed by atoms with van der Waals surface area (Å²) in [6.45, 7) is 0. The second kappa shape index (κ2) is 9.96. The molecule has 4 heteroatoms. The molecular weight excluding hydrogens is 412 g/mol. The van der Waals surface area contributed by atoms with Gasteiger partial charge in [0.25, 0.3) is 0 Å². The van der Waals surface area contributed by atoms with Crippen molar-refractivity contribution in [2.75, 3.05) is 7.11 Å². The SMILES string of the molecule is COc1cc(O)c(Cc2ccc(O)cc2)c(C=Cc2ccccc2)c1Cc1ccc(O)cc1. The van der Waals surface area contributed by atoms with Gasteiger partial charge in [-0.1, -0.05) is 66.7 Å². The van der Waals surface area contributed by atoms with Crippen molar-refractivity contribution in [1.82, 2.24) is 0 Å². The fourth-order valence-electron chi connectivity index (χ4n) is 3.88. The van der Waals surface area contributed by atoms with Crippen LogP contribution in [0.5, 0.6) is 23.0 Å². The lowest BCUT2D eigenvalue weighted by Gasteiger charge is -2.18. The summed E-state index contributed by atoms with van der Waals surface area (Å²) in [4.78, 5) is 0. The Labute approximate surface area is 193 Å². The Hall–Kier alpha value is -4.18. The molecule has 33 heavy (non-hydrogen) atoms. The van der Waals surface area contributed by atoms with Crippen molar-refractivity contribution in [1.29, 1.82) is 0 Å². The molecule has 0 heterocycles. The maximum atomic E-state index is 10.9. The van der Waals surface area contributed by atoms with Crippen LogP contribution in [-0.2, 0) is 12.8 Å². The van der Waals surface area contributed by atoms with Gasteiger partial charge in [-0.05, 0) is 46.5 Å². The zero-order chi connectivity index (χ0) is 23.2. The molecule has 0 aliphatic heterocycles. The van der Waals surface area contributed by atoms with E-state index in [-0.39, 0.29) is 17.2 Å². The molecule has 0 atom stereocenters. The molecule has 0 amide bonds. The highest BCUT2D eigenvalue weighted by Gasteiger charge is 2.18. The quantitative estimate of drug-likeness (QED) is 0.302. The topological polar surface area (TPSA) is 69.9 Å². The van der Waals surface area contributed by atoms with Gasteiger partial charge in [-0.25, -0.2) is 0 Å². The largest absolute Gasteiger partial charge is 0.508 e. The van der Waals surface area contributed by atoms with Gasteiger partial charge in [0.15, 0.2) is 0 Å². The molecule has 0 fully saturated rings. The van der Waals surface area contributed by atoms with Crippen molar-refractivity contribution in [3.63, 3.8) is 0 Å². The van der Waals surface area contributed by atoms with E-state index >= 15 is 0 Å². The highest BCUT2D eigenvalue weighted by molar-refractivity contribution is 5.76. The van der Waals surface area contributed by atoms with Gasteiger partial charge in [-0.3, -0.25) is 0 Å². The minimum atomic E-state index is 0.155. The highest BCUT2D eigenvalue weighted by Crippen LogP contribution is 2.37. The Morgan fingerprint density at radius 3 is 1.76 bits per heavy atom. The maximum absolute atomic E-state index is 10.9. The molecule has 0 bridgehead atoms. The molecule has 0 aliphatic carbocycles. The normalized spacial score (nSPS) is 11.1. The van der Waals surface area contributed by atoms with Crippen LogP contribution in [-0.4, -0.2) is 22.4 Å². The summed E-state index contributed by atoms with van der Waals surface area (Å²) in [5, 5.41) is 30.3. The summed E-state index contributed by atoms with van der Waals surface area (Å²) in [6, 6.07) is 25.7. The van der Waals surface area contributed by atoms with E-state index in [1.807, 2.05) is 66.7 Å². The van der Waals surface area contributed by atoms with Crippen LogP contribution in [0.25, 0.3) is 12.2 Å². The summed E-state index contributed by atoms with van der Waals surface area (Å²) in [5.41, 5.74) is 5.65. The van der Waals surface area contributed by atoms with Gasteiger partial charge in [-0.2, -0.15) is 0 Å². The number of methoxy groups -OCH3 is 1. The molecule has 4 rings (SSSR count). The number of aromatic hydroxyl groups is 3. The molecule has 0 saturated carbocycles. The first-order chi connectivity index (χ1) is 16.0. The van der Waals surface area contributed by atoms with Gasteiger partial charge < -0.3 is 20.1 Å². The molecule has 0 spiro atoms. The monoisotopic (exact) mass is 438 g/mol. The van der Waals surface area contributed by atoms with E-state index in [1.54, 1.807) is 37.4 Å². The third-order valence-electron chi connectivity index (χ3n) is 5.62. The lowest BCUT2D eigenvalue weighted by molar-refractivity contribution is 0.402. The van der Waals surface area contributed by atoms with Crippen LogP contribution in [0, 0.1) is 0 Å². The third-order valence-corrected chi connectivity index (χ3v) is 5.62. The average molecular weight is 439 g/mol. The summed E-state index contributed by atoms with van der Waals surface area (Å²) in [7, 11) is 1.60. The standard InChI is InChI=1S/C29H26O4/c1-33-29-19-28(32)26(17-21-7-12-23(30)13-8-21)25(16-11-20-5-3-2-4-6-20)27(29)18-22-9-14-24(31)15-10-22/h2-16,19,30-32H,17-18H2,1H3. The number of benzene rings is 4. The average Bonchev–Trinajstić information content (AvgIpc) is 2.83. The first-order valence-electron chi connectivity index (χ1n) is 10.7. The van der Waals surface area contributed by atoms with Gasteiger partial charge in [0.05, 0.1) is 7.11 Å². The summed E-state index contributed by atoms with van der Waals surface area (Å²) in [6.07, 6.45) is 5.10. The first-order valence-corrected chi connectivity index (χ1v) is 10.7. The zero-order valence-electron chi connectivity index (χ0n) is 18.4. The molecule has 4 nitrogen and oxygen atoms in total. The number of hydrogen-bond donors (Lipinski definition) is 3. The minimum absolute atomic E-state index is 0.155. The Balaban J connectivity index is 1.85. The van der Waals surface area contributed by atoms with E-state index in [4.69, 9.17) is 4.74 Å². The maximum Gasteiger partial charge on any atom is 0.126 e. The lowest BCUT2D eigenvalue weighted by Crippen LogP contribution is -2.03. The number of rotatable bonds is 7. The fraction of sp³-hybridized carbons (Fsp3) is 0.103. The Morgan fingerprint density at radius 1 is 0.667 bits per heavy atom. The molecule has 0 saturated heterocycles. The Kier molecular flexibility index (Phi) is 6.65. The van der Waals surface area contributed by atoms with Gasteiger partial charge in [0.1, 0.15) is 23.0 Å². The smallest absolute Gasteiger partial charge is 0.126 e. The van der Waals surface area contributed by atoms with Crippen LogP contribution < -0.4 is 4.74 Å². The number of phenolic OH excluding ortho intramolecular Hbond substituents is 3.